The minimum atomic E-state index is -3.65. The number of hydrogen-bond donors (Lipinski definition) is 2. The minimum absolute atomic E-state index is 0.0381. The molecule has 0 unspecified atom stereocenters. The van der Waals surface area contributed by atoms with Crippen LogP contribution in [0.3, 0.4) is 0 Å². The van der Waals surface area contributed by atoms with Crippen molar-refractivity contribution < 1.29 is 13.2 Å². The van der Waals surface area contributed by atoms with Crippen LogP contribution in [0, 0.1) is 13.8 Å². The molecule has 0 atom stereocenters. The van der Waals surface area contributed by atoms with Crippen LogP contribution in [0.4, 0.5) is 0 Å². The molecule has 1 amide bonds. The van der Waals surface area contributed by atoms with E-state index in [4.69, 9.17) is 0 Å². The molecule has 2 N–H and O–H groups in total. The number of hydrogen-bond acceptors (Lipinski definition) is 4. The Labute approximate surface area is 177 Å². The van der Waals surface area contributed by atoms with Crippen LogP contribution < -0.4 is 10.0 Å². The van der Waals surface area contributed by atoms with Crippen LogP contribution in [0.5, 0.6) is 0 Å². The summed E-state index contributed by atoms with van der Waals surface area (Å²) in [6.07, 6.45) is 3.67. The quantitative estimate of drug-likeness (QED) is 0.550. The molecule has 158 valence electrons. The number of nitrogens with one attached hydrogen (secondary N) is 2. The zero-order valence-corrected chi connectivity index (χ0v) is 17.9. The smallest absolute Gasteiger partial charge is 0.240 e. The second-order valence-electron chi connectivity index (χ2n) is 7.17. The number of rotatable bonds is 9. The third kappa shape index (κ3) is 5.77. The van der Waals surface area contributed by atoms with E-state index in [-0.39, 0.29) is 23.8 Å². The van der Waals surface area contributed by atoms with Crippen molar-refractivity contribution in [3.63, 3.8) is 0 Å². The number of aryl methyl sites for hydroxylation is 2. The topological polar surface area (TPSA) is 93.1 Å². The first-order chi connectivity index (χ1) is 14.3. The molecular formula is C22H26N4O3S. The number of carbonyl (C=O) groups is 1. The van der Waals surface area contributed by atoms with Crippen LogP contribution >= 0.6 is 0 Å². The van der Waals surface area contributed by atoms with Gasteiger partial charge in [-0.15, -0.1) is 0 Å². The molecule has 0 aliphatic rings. The van der Waals surface area contributed by atoms with Gasteiger partial charge in [-0.05, 0) is 42.7 Å². The maximum atomic E-state index is 12.5. The van der Waals surface area contributed by atoms with Crippen molar-refractivity contribution in [2.75, 3.05) is 6.54 Å². The molecule has 30 heavy (non-hydrogen) atoms. The molecular weight excluding hydrogens is 400 g/mol. The van der Waals surface area contributed by atoms with Gasteiger partial charge >= 0.3 is 0 Å². The fourth-order valence-corrected chi connectivity index (χ4v) is 4.47. The highest BCUT2D eigenvalue weighted by Gasteiger charge is 2.16. The van der Waals surface area contributed by atoms with Crippen LogP contribution in [0.15, 0.2) is 65.8 Å². The van der Waals surface area contributed by atoms with E-state index in [1.807, 2.05) is 54.2 Å². The summed E-state index contributed by atoms with van der Waals surface area (Å²) in [7, 11) is -3.65. The molecule has 3 rings (SSSR count). The summed E-state index contributed by atoms with van der Waals surface area (Å²) in [6, 6.07) is 14.9. The van der Waals surface area contributed by atoms with Gasteiger partial charge in [-0.25, -0.2) is 13.1 Å². The van der Waals surface area contributed by atoms with Gasteiger partial charge in [0, 0.05) is 31.9 Å². The van der Waals surface area contributed by atoms with Gasteiger partial charge in [0.05, 0.1) is 11.4 Å². The molecule has 0 fully saturated rings. The maximum Gasteiger partial charge on any atom is 0.240 e. The zero-order valence-electron chi connectivity index (χ0n) is 17.1. The standard InChI is InChI=1S/C22H26N4O3S/c1-17-8-9-21(18(2)14-17)30(28,29)25-12-10-22(27)23-15-19-6-3-4-7-20(19)16-26-13-5-11-24-26/h3-9,11,13-14,25H,10,12,15-16H2,1-2H3,(H,23,27). The van der Waals surface area contributed by atoms with Crippen LogP contribution in [0.25, 0.3) is 0 Å². The Balaban J connectivity index is 1.51. The van der Waals surface area contributed by atoms with E-state index in [2.05, 4.69) is 15.1 Å². The summed E-state index contributed by atoms with van der Waals surface area (Å²) in [6.45, 7) is 4.70. The van der Waals surface area contributed by atoms with E-state index in [9.17, 15) is 13.2 Å². The lowest BCUT2D eigenvalue weighted by molar-refractivity contribution is -0.121. The van der Waals surface area contributed by atoms with Gasteiger partial charge in [-0.3, -0.25) is 9.48 Å². The SMILES string of the molecule is Cc1ccc(S(=O)(=O)NCCC(=O)NCc2ccccc2Cn2cccn2)c(C)c1. The highest BCUT2D eigenvalue weighted by molar-refractivity contribution is 7.89. The van der Waals surface area contributed by atoms with Crippen molar-refractivity contribution in [2.45, 2.75) is 38.3 Å². The predicted octanol–water partition coefficient (Wildman–Crippen LogP) is 2.53. The Morgan fingerprint density at radius 3 is 2.53 bits per heavy atom. The molecule has 0 spiro atoms. The zero-order chi connectivity index (χ0) is 21.6. The lowest BCUT2D eigenvalue weighted by Crippen LogP contribution is -2.31. The average Bonchev–Trinajstić information content (AvgIpc) is 3.20. The molecule has 1 heterocycles. The monoisotopic (exact) mass is 426 g/mol. The average molecular weight is 427 g/mol. The largest absolute Gasteiger partial charge is 0.352 e. The number of aromatic nitrogens is 2. The number of carbonyl (C=O) groups excluding carboxylic acids is 1. The molecule has 0 saturated carbocycles. The summed E-state index contributed by atoms with van der Waals surface area (Å²) in [5.41, 5.74) is 3.74. The first-order valence-electron chi connectivity index (χ1n) is 9.73. The second kappa shape index (κ2) is 9.69. The Morgan fingerprint density at radius 1 is 1.07 bits per heavy atom. The highest BCUT2D eigenvalue weighted by Crippen LogP contribution is 2.16. The van der Waals surface area contributed by atoms with Gasteiger partial charge < -0.3 is 5.32 Å². The van der Waals surface area contributed by atoms with Gasteiger partial charge in [0.1, 0.15) is 0 Å². The van der Waals surface area contributed by atoms with Gasteiger partial charge in [-0.1, -0.05) is 42.0 Å². The number of nitrogens with zero attached hydrogens (tertiary/aromatic N) is 2. The Hall–Kier alpha value is -2.97. The highest BCUT2D eigenvalue weighted by atomic mass is 32.2. The number of amides is 1. The van der Waals surface area contributed by atoms with E-state index >= 15 is 0 Å². The van der Waals surface area contributed by atoms with Gasteiger partial charge in [0.15, 0.2) is 0 Å². The summed E-state index contributed by atoms with van der Waals surface area (Å²) in [4.78, 5) is 12.5. The van der Waals surface area contributed by atoms with Crippen molar-refractivity contribution in [3.05, 3.63) is 83.2 Å². The third-order valence-corrected chi connectivity index (χ3v) is 6.37. The van der Waals surface area contributed by atoms with E-state index in [0.717, 1.165) is 16.7 Å². The van der Waals surface area contributed by atoms with Crippen molar-refractivity contribution in [2.24, 2.45) is 0 Å². The Kier molecular flexibility index (Phi) is 7.02. The Morgan fingerprint density at radius 2 is 1.83 bits per heavy atom. The normalized spacial score (nSPS) is 11.4. The third-order valence-electron chi connectivity index (χ3n) is 4.75. The molecule has 7 nitrogen and oxygen atoms in total. The van der Waals surface area contributed by atoms with Crippen molar-refractivity contribution in [1.82, 2.24) is 19.8 Å². The van der Waals surface area contributed by atoms with E-state index in [1.54, 1.807) is 25.3 Å². The van der Waals surface area contributed by atoms with Crippen molar-refractivity contribution in [3.8, 4) is 0 Å². The summed E-state index contributed by atoms with van der Waals surface area (Å²) >= 11 is 0. The minimum Gasteiger partial charge on any atom is -0.352 e. The van der Waals surface area contributed by atoms with E-state index in [0.29, 0.717) is 18.7 Å². The summed E-state index contributed by atoms with van der Waals surface area (Å²) in [5.74, 6) is -0.216. The first kappa shape index (κ1) is 21.7. The van der Waals surface area contributed by atoms with Crippen LogP contribution in [0.2, 0.25) is 0 Å². The second-order valence-corrected chi connectivity index (χ2v) is 8.90. The predicted molar refractivity (Wildman–Crippen MR) is 115 cm³/mol. The lowest BCUT2D eigenvalue weighted by atomic mass is 10.1. The molecule has 1 aromatic heterocycles. The molecule has 2 aromatic carbocycles. The van der Waals surface area contributed by atoms with Crippen molar-refractivity contribution >= 4 is 15.9 Å². The van der Waals surface area contributed by atoms with Crippen LogP contribution in [0.1, 0.15) is 28.7 Å². The van der Waals surface area contributed by atoms with Crippen LogP contribution in [-0.2, 0) is 27.9 Å². The van der Waals surface area contributed by atoms with Gasteiger partial charge in [0.2, 0.25) is 15.9 Å². The first-order valence-corrected chi connectivity index (χ1v) is 11.2. The molecule has 0 radical (unpaired) electrons. The molecule has 0 aliphatic heterocycles. The fraction of sp³-hybridized carbons (Fsp3) is 0.273. The molecule has 0 bridgehead atoms. The van der Waals surface area contributed by atoms with Crippen molar-refractivity contribution in [1.29, 1.82) is 0 Å². The van der Waals surface area contributed by atoms with Gasteiger partial charge in [0.25, 0.3) is 0 Å². The van der Waals surface area contributed by atoms with Crippen LogP contribution in [-0.4, -0.2) is 30.7 Å². The Bertz CT molecular complexity index is 1110. The summed E-state index contributed by atoms with van der Waals surface area (Å²) < 4.78 is 29.3. The van der Waals surface area contributed by atoms with E-state index in [1.165, 1.54) is 0 Å². The van der Waals surface area contributed by atoms with E-state index < -0.39 is 10.0 Å². The van der Waals surface area contributed by atoms with Gasteiger partial charge in [-0.2, -0.15) is 5.10 Å². The number of benzene rings is 2. The molecule has 8 heteroatoms. The molecule has 0 saturated heterocycles. The maximum absolute atomic E-state index is 12.5. The lowest BCUT2D eigenvalue weighted by Gasteiger charge is -2.12. The summed E-state index contributed by atoms with van der Waals surface area (Å²) in [5, 5.41) is 7.07. The number of sulfonamides is 1. The fourth-order valence-electron chi connectivity index (χ4n) is 3.21. The molecule has 3 aromatic rings. The molecule has 0 aliphatic carbocycles.